The van der Waals surface area contributed by atoms with Crippen LogP contribution in [0.5, 0.6) is 0 Å². The van der Waals surface area contributed by atoms with Crippen molar-refractivity contribution in [2.75, 3.05) is 13.2 Å². The van der Waals surface area contributed by atoms with Gasteiger partial charge in [-0.1, -0.05) is 16.8 Å². The van der Waals surface area contributed by atoms with Gasteiger partial charge in [0.05, 0.1) is 61.3 Å². The molecule has 7 rings (SSSR count). The highest BCUT2D eigenvalue weighted by Crippen LogP contribution is 2.42. The first kappa shape index (κ1) is 24.2. The second kappa shape index (κ2) is 9.40. The molecule has 5 aromatic heterocycles. The molecule has 5 aromatic rings. The van der Waals surface area contributed by atoms with Crippen LogP contribution >= 0.6 is 11.6 Å². The third kappa shape index (κ3) is 4.44. The molecule has 0 aromatic carbocycles. The molecule has 0 spiro atoms. The van der Waals surface area contributed by atoms with E-state index < -0.39 is 17.8 Å². The van der Waals surface area contributed by atoms with Gasteiger partial charge in [-0.15, -0.1) is 5.10 Å². The normalized spacial score (nSPS) is 16.6. The van der Waals surface area contributed by atoms with Crippen LogP contribution in [0.15, 0.2) is 43.2 Å². The summed E-state index contributed by atoms with van der Waals surface area (Å²) in [6.07, 6.45) is 10.2. The number of pyridine rings is 2. The maximum atomic E-state index is 14.5. The molecule has 2 aliphatic rings. The quantitative estimate of drug-likeness (QED) is 0.304. The van der Waals surface area contributed by atoms with Gasteiger partial charge in [-0.05, 0) is 36.5 Å². The Morgan fingerprint density at radius 1 is 1.26 bits per heavy atom. The number of aliphatic hydroxyl groups excluding tert-OH is 1. The number of amides is 1. The first-order valence-corrected chi connectivity index (χ1v) is 13.1. The van der Waals surface area contributed by atoms with Crippen molar-refractivity contribution in [1.29, 1.82) is 0 Å². The minimum Gasteiger partial charge on any atom is -0.388 e. The lowest BCUT2D eigenvalue weighted by atomic mass is 9.93. The molecule has 0 radical (unpaired) electrons. The van der Waals surface area contributed by atoms with Crippen molar-refractivity contribution in [3.63, 3.8) is 0 Å². The molecule has 1 unspecified atom stereocenters. The number of rotatable bonds is 8. The topological polar surface area (TPSA) is 124 Å². The Morgan fingerprint density at radius 3 is 2.87 bits per heavy atom. The van der Waals surface area contributed by atoms with Crippen LogP contribution in [0.1, 0.15) is 57.9 Å². The summed E-state index contributed by atoms with van der Waals surface area (Å²) in [5, 5.41) is 21.7. The molecule has 2 N–H and O–H groups in total. The summed E-state index contributed by atoms with van der Waals surface area (Å²) in [6, 6.07) is 3.52. The molecule has 11 nitrogen and oxygen atoms in total. The van der Waals surface area contributed by atoms with E-state index in [4.69, 9.17) is 21.3 Å². The van der Waals surface area contributed by atoms with Crippen molar-refractivity contribution in [1.82, 2.24) is 39.1 Å². The van der Waals surface area contributed by atoms with Gasteiger partial charge in [-0.2, -0.15) is 0 Å². The molecule has 13 heteroatoms. The van der Waals surface area contributed by atoms with E-state index in [1.54, 1.807) is 6.20 Å². The van der Waals surface area contributed by atoms with Gasteiger partial charge < -0.3 is 24.0 Å². The average molecular weight is 551 g/mol. The Kier molecular flexibility index (Phi) is 5.83. The molecule has 2 fully saturated rings. The van der Waals surface area contributed by atoms with E-state index in [1.807, 2.05) is 10.6 Å². The van der Waals surface area contributed by atoms with Crippen molar-refractivity contribution in [2.45, 2.75) is 38.0 Å². The summed E-state index contributed by atoms with van der Waals surface area (Å²) >= 11 is 5.89. The summed E-state index contributed by atoms with van der Waals surface area (Å²) in [5.41, 5.74) is 4.09. The number of nitrogens with one attached hydrogen (secondary N) is 1. The van der Waals surface area contributed by atoms with Crippen LogP contribution in [-0.2, 0) is 17.8 Å². The smallest absolute Gasteiger partial charge is 0.273 e. The second-order valence-electron chi connectivity index (χ2n) is 10.1. The highest BCUT2D eigenvalue weighted by atomic mass is 35.5. The molecule has 39 heavy (non-hydrogen) atoms. The number of halogens is 2. The zero-order valence-electron chi connectivity index (χ0n) is 20.7. The predicted octanol–water partition coefficient (Wildman–Crippen LogP) is 2.90. The molecule has 6 heterocycles. The minimum atomic E-state index is -0.645. The third-order valence-electron chi connectivity index (χ3n) is 7.31. The summed E-state index contributed by atoms with van der Waals surface area (Å²) in [5.74, 6) is -0.482. The Hall–Kier alpha value is -3.87. The van der Waals surface area contributed by atoms with E-state index in [9.17, 15) is 14.3 Å². The zero-order chi connectivity index (χ0) is 26.7. The van der Waals surface area contributed by atoms with Crippen LogP contribution in [0.4, 0.5) is 4.39 Å². The SMILES string of the molecule is O=C(NCc1ncn2ccc(Cl)c(F)c12)c1cn(Cc2cn3cc(C4CC4)cc(C(O)C4COC4)c3n2)nn1. The average Bonchev–Trinajstić information content (AvgIpc) is 3.29. The van der Waals surface area contributed by atoms with Crippen molar-refractivity contribution in [3.8, 4) is 0 Å². The van der Waals surface area contributed by atoms with E-state index >= 15 is 0 Å². The lowest BCUT2D eigenvalue weighted by Gasteiger charge is -2.31. The lowest BCUT2D eigenvalue weighted by Crippen LogP contribution is -2.33. The maximum Gasteiger partial charge on any atom is 0.273 e. The Bertz CT molecular complexity index is 1720. The number of imidazole rings is 2. The van der Waals surface area contributed by atoms with Gasteiger partial charge in [0.15, 0.2) is 11.5 Å². The fourth-order valence-electron chi connectivity index (χ4n) is 4.94. The highest BCUT2D eigenvalue weighted by molar-refractivity contribution is 6.31. The third-order valence-corrected chi connectivity index (χ3v) is 7.60. The Morgan fingerprint density at radius 2 is 2.10 bits per heavy atom. The Labute approximate surface area is 226 Å². The first-order valence-electron chi connectivity index (χ1n) is 12.7. The number of nitrogens with zero attached hydrogens (tertiary/aromatic N) is 7. The number of carbonyl (C=O) groups excluding carboxylic acids is 1. The van der Waals surface area contributed by atoms with Crippen LogP contribution < -0.4 is 5.32 Å². The molecular weight excluding hydrogens is 527 g/mol. The zero-order valence-corrected chi connectivity index (χ0v) is 21.4. The second-order valence-corrected chi connectivity index (χ2v) is 10.5. The van der Waals surface area contributed by atoms with E-state index in [1.165, 1.54) is 33.2 Å². The fraction of sp³-hybridized carbons (Fsp3) is 0.346. The number of aliphatic hydroxyl groups is 1. The molecule has 1 aliphatic carbocycles. The molecule has 0 bridgehead atoms. The van der Waals surface area contributed by atoms with Gasteiger partial charge in [0.1, 0.15) is 11.2 Å². The first-order chi connectivity index (χ1) is 18.9. The highest BCUT2D eigenvalue weighted by Gasteiger charge is 2.32. The minimum absolute atomic E-state index is 0.00758. The van der Waals surface area contributed by atoms with Crippen LogP contribution in [0.2, 0.25) is 5.02 Å². The Balaban J connectivity index is 1.08. The molecule has 1 saturated carbocycles. The van der Waals surface area contributed by atoms with Gasteiger partial charge in [-0.3, -0.25) is 4.79 Å². The summed E-state index contributed by atoms with van der Waals surface area (Å²) in [6.45, 7) is 1.36. The van der Waals surface area contributed by atoms with Gasteiger partial charge in [0.25, 0.3) is 5.91 Å². The van der Waals surface area contributed by atoms with Crippen LogP contribution in [-0.4, -0.2) is 58.0 Å². The van der Waals surface area contributed by atoms with E-state index in [-0.39, 0.29) is 35.2 Å². The fourth-order valence-corrected chi connectivity index (χ4v) is 5.08. The van der Waals surface area contributed by atoms with Crippen molar-refractivity contribution >= 4 is 28.7 Å². The number of fused-ring (bicyclic) bond motifs is 2. The molecule has 1 saturated heterocycles. The molecule has 1 aliphatic heterocycles. The van der Waals surface area contributed by atoms with Gasteiger partial charge in [-0.25, -0.2) is 19.0 Å². The summed E-state index contributed by atoms with van der Waals surface area (Å²) < 4.78 is 24.7. The van der Waals surface area contributed by atoms with E-state index in [0.29, 0.717) is 30.5 Å². The molecule has 1 amide bonds. The van der Waals surface area contributed by atoms with Gasteiger partial charge in [0.2, 0.25) is 0 Å². The van der Waals surface area contributed by atoms with Crippen molar-refractivity contribution in [3.05, 3.63) is 82.3 Å². The number of hydrogen-bond acceptors (Lipinski definition) is 7. The number of hydrogen-bond donors (Lipinski definition) is 2. The van der Waals surface area contributed by atoms with E-state index in [0.717, 1.165) is 24.1 Å². The molecule has 1 atom stereocenters. The van der Waals surface area contributed by atoms with Crippen LogP contribution in [0, 0.1) is 11.7 Å². The van der Waals surface area contributed by atoms with Gasteiger partial charge in [0, 0.05) is 30.1 Å². The van der Waals surface area contributed by atoms with Crippen LogP contribution in [0.25, 0.3) is 11.2 Å². The maximum absolute atomic E-state index is 14.5. The molecular formula is C26H24ClFN8O3. The monoisotopic (exact) mass is 550 g/mol. The largest absolute Gasteiger partial charge is 0.388 e. The summed E-state index contributed by atoms with van der Waals surface area (Å²) in [7, 11) is 0. The number of aromatic nitrogens is 7. The summed E-state index contributed by atoms with van der Waals surface area (Å²) in [4.78, 5) is 21.7. The van der Waals surface area contributed by atoms with Crippen LogP contribution in [0.3, 0.4) is 0 Å². The van der Waals surface area contributed by atoms with Crippen molar-refractivity contribution < 1.29 is 19.0 Å². The van der Waals surface area contributed by atoms with Crippen molar-refractivity contribution in [2.24, 2.45) is 5.92 Å². The number of carbonyl (C=O) groups is 1. The standard InChI is InChI=1S/C26H24ClFN8O3/c27-19-3-4-34-13-30-20(23(34)22(19)28)6-29-26(38)21-10-36(33-32-21)9-17-8-35-7-15(14-1-2-14)5-18(25(35)31-17)24(37)16-11-39-12-16/h3-5,7-8,10,13-14,16,24,37H,1-2,6,9,11-12H2,(H,29,38). The lowest BCUT2D eigenvalue weighted by molar-refractivity contribution is -0.0921. The predicted molar refractivity (Wildman–Crippen MR) is 137 cm³/mol. The molecule has 200 valence electrons. The van der Waals surface area contributed by atoms with E-state index in [2.05, 4.69) is 32.9 Å². The van der Waals surface area contributed by atoms with Gasteiger partial charge >= 0.3 is 0 Å². The number of ether oxygens (including phenoxy) is 1.